The molecular weight excluding hydrogens is 351 g/mol. The summed E-state index contributed by atoms with van der Waals surface area (Å²) in [5.41, 5.74) is 0. The molecule has 0 atom stereocenters. The van der Waals surface area contributed by atoms with E-state index in [1.54, 1.807) is 0 Å². The molecule has 0 unspecified atom stereocenters. The van der Waals surface area contributed by atoms with E-state index in [9.17, 15) is 9.59 Å². The molecule has 0 fully saturated rings. The minimum absolute atomic E-state index is 0.0337. The lowest BCUT2D eigenvalue weighted by Gasteiger charge is -2.09. The zero-order chi connectivity index (χ0) is 16.5. The molecule has 7 heteroatoms. The highest BCUT2D eigenvalue weighted by molar-refractivity contribution is 6.44. The molecular formula is C15H17Cl3O4. The largest absolute Gasteiger partial charge is 0.466 e. The van der Waals surface area contributed by atoms with Crippen LogP contribution in [-0.2, 0) is 14.3 Å². The molecule has 0 amide bonds. The first-order valence-corrected chi connectivity index (χ1v) is 8.09. The zero-order valence-corrected chi connectivity index (χ0v) is 14.4. The summed E-state index contributed by atoms with van der Waals surface area (Å²) in [6, 6.07) is 3.00. The predicted molar refractivity (Wildman–Crippen MR) is 86.8 cm³/mol. The van der Waals surface area contributed by atoms with Crippen LogP contribution in [-0.4, -0.2) is 18.5 Å². The molecule has 0 saturated carbocycles. The molecule has 122 valence electrons. The van der Waals surface area contributed by atoms with E-state index >= 15 is 0 Å². The third kappa shape index (κ3) is 6.42. The van der Waals surface area contributed by atoms with Gasteiger partial charge < -0.3 is 9.47 Å². The van der Waals surface area contributed by atoms with E-state index < -0.39 is 5.97 Å². The minimum atomic E-state index is -0.535. The Morgan fingerprint density at radius 3 is 2.32 bits per heavy atom. The van der Waals surface area contributed by atoms with E-state index in [4.69, 9.17) is 44.3 Å². The first-order valence-electron chi connectivity index (χ1n) is 6.95. The molecule has 1 aromatic carbocycles. The highest BCUT2D eigenvalue weighted by atomic mass is 35.5. The minimum Gasteiger partial charge on any atom is -0.466 e. The van der Waals surface area contributed by atoms with Gasteiger partial charge in [0.2, 0.25) is 0 Å². The van der Waals surface area contributed by atoms with Crippen molar-refractivity contribution in [2.24, 2.45) is 0 Å². The molecule has 0 aliphatic carbocycles. The first kappa shape index (κ1) is 19.1. The molecule has 0 N–H and O–H groups in total. The van der Waals surface area contributed by atoms with E-state index in [-0.39, 0.29) is 39.6 Å². The van der Waals surface area contributed by atoms with Crippen molar-refractivity contribution >= 4 is 46.7 Å². The Labute approximate surface area is 144 Å². The quantitative estimate of drug-likeness (QED) is 0.279. The van der Waals surface area contributed by atoms with Crippen LogP contribution in [0, 0.1) is 0 Å². The fourth-order valence-corrected chi connectivity index (χ4v) is 2.14. The SMILES string of the molecule is CCCCOC(=O)CCCC(=O)Oc1c(Cl)ccc(Cl)c1Cl. The number of ether oxygens (including phenoxy) is 2. The Hall–Kier alpha value is -0.970. The summed E-state index contributed by atoms with van der Waals surface area (Å²) in [6.45, 7) is 2.42. The predicted octanol–water partition coefficient (Wildman–Crippen LogP) is 5.07. The lowest BCUT2D eigenvalue weighted by Crippen LogP contribution is -2.11. The normalized spacial score (nSPS) is 10.4. The average molecular weight is 368 g/mol. The monoisotopic (exact) mass is 366 g/mol. The molecule has 0 radical (unpaired) electrons. The maximum atomic E-state index is 11.7. The number of hydrogen-bond acceptors (Lipinski definition) is 4. The smallest absolute Gasteiger partial charge is 0.311 e. The lowest BCUT2D eigenvalue weighted by atomic mass is 10.2. The van der Waals surface area contributed by atoms with Crippen molar-refractivity contribution in [1.29, 1.82) is 0 Å². The van der Waals surface area contributed by atoms with Gasteiger partial charge in [0.25, 0.3) is 0 Å². The molecule has 0 aliphatic rings. The molecule has 1 rings (SSSR count). The topological polar surface area (TPSA) is 52.6 Å². The van der Waals surface area contributed by atoms with Crippen LogP contribution in [0.1, 0.15) is 39.0 Å². The second-order valence-electron chi connectivity index (χ2n) is 4.57. The maximum Gasteiger partial charge on any atom is 0.311 e. The van der Waals surface area contributed by atoms with Gasteiger partial charge in [0.05, 0.1) is 16.7 Å². The summed E-state index contributed by atoms with van der Waals surface area (Å²) < 4.78 is 10.1. The molecule has 4 nitrogen and oxygen atoms in total. The van der Waals surface area contributed by atoms with E-state index in [2.05, 4.69) is 0 Å². The van der Waals surface area contributed by atoms with Gasteiger partial charge in [-0.25, -0.2) is 0 Å². The Morgan fingerprint density at radius 1 is 1.00 bits per heavy atom. The number of benzene rings is 1. The van der Waals surface area contributed by atoms with Crippen molar-refractivity contribution in [3.8, 4) is 5.75 Å². The van der Waals surface area contributed by atoms with Crippen LogP contribution in [0.5, 0.6) is 5.75 Å². The van der Waals surface area contributed by atoms with Crippen molar-refractivity contribution in [2.75, 3.05) is 6.61 Å². The second-order valence-corrected chi connectivity index (χ2v) is 5.77. The molecule has 0 spiro atoms. The standard InChI is InChI=1S/C15H17Cl3O4/c1-2-3-9-21-12(19)5-4-6-13(20)22-15-11(17)8-7-10(16)14(15)18/h7-8H,2-6,9H2,1H3. The molecule has 0 saturated heterocycles. The lowest BCUT2D eigenvalue weighted by molar-refractivity contribution is -0.144. The van der Waals surface area contributed by atoms with E-state index in [0.29, 0.717) is 13.0 Å². The second kappa shape index (κ2) is 9.93. The average Bonchev–Trinajstić information content (AvgIpc) is 2.48. The van der Waals surface area contributed by atoms with Gasteiger partial charge in [0.15, 0.2) is 5.75 Å². The fraction of sp³-hybridized carbons (Fsp3) is 0.467. The molecule has 0 aromatic heterocycles. The van der Waals surface area contributed by atoms with Gasteiger partial charge in [-0.1, -0.05) is 48.1 Å². The van der Waals surface area contributed by atoms with Crippen molar-refractivity contribution in [3.63, 3.8) is 0 Å². The summed E-state index contributed by atoms with van der Waals surface area (Å²) in [5.74, 6) is -0.821. The van der Waals surface area contributed by atoms with Gasteiger partial charge in [-0.15, -0.1) is 0 Å². The molecule has 22 heavy (non-hydrogen) atoms. The Kier molecular flexibility index (Phi) is 8.61. The van der Waals surface area contributed by atoms with Gasteiger partial charge in [0, 0.05) is 12.8 Å². The maximum absolute atomic E-state index is 11.7. The van der Waals surface area contributed by atoms with Gasteiger partial charge >= 0.3 is 11.9 Å². The summed E-state index contributed by atoms with van der Waals surface area (Å²) in [5, 5.41) is 0.525. The number of carbonyl (C=O) groups is 2. The number of unbranched alkanes of at least 4 members (excludes halogenated alkanes) is 1. The zero-order valence-electron chi connectivity index (χ0n) is 12.2. The summed E-state index contributed by atoms with van der Waals surface area (Å²) in [6.07, 6.45) is 2.35. The van der Waals surface area contributed by atoms with E-state index in [0.717, 1.165) is 12.8 Å². The molecule has 0 heterocycles. The van der Waals surface area contributed by atoms with Crippen molar-refractivity contribution in [2.45, 2.75) is 39.0 Å². The van der Waals surface area contributed by atoms with Crippen molar-refractivity contribution < 1.29 is 19.1 Å². The molecule has 1 aromatic rings. The van der Waals surface area contributed by atoms with E-state index in [1.165, 1.54) is 12.1 Å². The third-order valence-corrected chi connectivity index (χ3v) is 3.83. The van der Waals surface area contributed by atoms with Gasteiger partial charge in [-0.2, -0.15) is 0 Å². The van der Waals surface area contributed by atoms with E-state index in [1.807, 2.05) is 6.92 Å². The molecule has 0 bridgehead atoms. The summed E-state index contributed by atoms with van der Waals surface area (Å²) in [4.78, 5) is 23.1. The fourth-order valence-electron chi connectivity index (χ4n) is 1.55. The highest BCUT2D eigenvalue weighted by Crippen LogP contribution is 2.38. The molecule has 0 aliphatic heterocycles. The van der Waals surface area contributed by atoms with Crippen LogP contribution in [0.2, 0.25) is 15.1 Å². The van der Waals surface area contributed by atoms with Gasteiger partial charge in [0.1, 0.15) is 5.02 Å². The Balaban J connectivity index is 2.38. The van der Waals surface area contributed by atoms with Crippen molar-refractivity contribution in [1.82, 2.24) is 0 Å². The Bertz CT molecular complexity index is 532. The van der Waals surface area contributed by atoms with Crippen LogP contribution >= 0.6 is 34.8 Å². The van der Waals surface area contributed by atoms with Gasteiger partial charge in [-0.3, -0.25) is 9.59 Å². The van der Waals surface area contributed by atoms with Gasteiger partial charge in [-0.05, 0) is 25.0 Å². The number of esters is 2. The number of carbonyl (C=O) groups excluding carboxylic acids is 2. The number of halogens is 3. The van der Waals surface area contributed by atoms with Crippen molar-refractivity contribution in [3.05, 3.63) is 27.2 Å². The highest BCUT2D eigenvalue weighted by Gasteiger charge is 2.15. The number of rotatable bonds is 8. The van der Waals surface area contributed by atoms with Crippen LogP contribution in [0.3, 0.4) is 0 Å². The van der Waals surface area contributed by atoms with Crippen LogP contribution in [0.15, 0.2) is 12.1 Å². The Morgan fingerprint density at radius 2 is 1.64 bits per heavy atom. The summed E-state index contributed by atoms with van der Waals surface area (Å²) >= 11 is 17.7. The van der Waals surface area contributed by atoms with Crippen LogP contribution in [0.4, 0.5) is 0 Å². The third-order valence-electron chi connectivity index (χ3n) is 2.74. The summed E-state index contributed by atoms with van der Waals surface area (Å²) in [7, 11) is 0. The van der Waals surface area contributed by atoms with Crippen LogP contribution in [0.25, 0.3) is 0 Å². The first-order chi connectivity index (χ1) is 10.5. The number of hydrogen-bond donors (Lipinski definition) is 0. The van der Waals surface area contributed by atoms with Crippen LogP contribution < -0.4 is 4.74 Å².